The van der Waals surface area contributed by atoms with Crippen LogP contribution in [0.5, 0.6) is 0 Å². The van der Waals surface area contributed by atoms with E-state index in [0.29, 0.717) is 13.1 Å². The molecule has 94 valence electrons. The molecule has 1 atom stereocenters. The van der Waals surface area contributed by atoms with Gasteiger partial charge in [0.1, 0.15) is 11.2 Å². The van der Waals surface area contributed by atoms with Gasteiger partial charge in [0.2, 0.25) is 5.91 Å². The van der Waals surface area contributed by atoms with E-state index in [-0.39, 0.29) is 16.5 Å². The summed E-state index contributed by atoms with van der Waals surface area (Å²) in [6, 6.07) is 4.47. The Balaban J connectivity index is 3.00. The van der Waals surface area contributed by atoms with E-state index in [0.717, 1.165) is 0 Å². The third-order valence-electron chi connectivity index (χ3n) is 2.55. The molecule has 17 heavy (non-hydrogen) atoms. The molecule has 0 aliphatic rings. The Morgan fingerprint density at radius 3 is 2.53 bits per heavy atom. The molecule has 2 nitrogen and oxygen atoms in total. The van der Waals surface area contributed by atoms with Gasteiger partial charge >= 0.3 is 0 Å². The molecule has 0 saturated heterocycles. The number of nitrogens with zero attached hydrogens (tertiary/aromatic N) is 1. The standard InChI is InChI=1S/C12H14Cl2FNO/c1-3-16(4-2)12(17)10(14)8-6-5-7-9(13)11(8)15/h5-7,10H,3-4H2,1-2H3. The van der Waals surface area contributed by atoms with Crippen LogP contribution in [-0.2, 0) is 4.79 Å². The largest absolute Gasteiger partial charge is 0.342 e. The summed E-state index contributed by atoms with van der Waals surface area (Å²) in [6.45, 7) is 4.78. The van der Waals surface area contributed by atoms with E-state index < -0.39 is 11.2 Å². The van der Waals surface area contributed by atoms with Gasteiger partial charge in [0.25, 0.3) is 0 Å². The van der Waals surface area contributed by atoms with Crippen molar-refractivity contribution < 1.29 is 9.18 Å². The Morgan fingerprint density at radius 1 is 1.41 bits per heavy atom. The van der Waals surface area contributed by atoms with Crippen LogP contribution in [0.3, 0.4) is 0 Å². The predicted molar refractivity (Wildman–Crippen MR) is 67.9 cm³/mol. The second-order valence-electron chi connectivity index (χ2n) is 3.52. The summed E-state index contributed by atoms with van der Waals surface area (Å²) in [7, 11) is 0. The van der Waals surface area contributed by atoms with Gasteiger partial charge in [-0.3, -0.25) is 4.79 Å². The first-order valence-electron chi connectivity index (χ1n) is 5.39. The summed E-state index contributed by atoms with van der Waals surface area (Å²) >= 11 is 11.6. The molecule has 0 N–H and O–H groups in total. The van der Waals surface area contributed by atoms with Crippen molar-refractivity contribution >= 4 is 29.1 Å². The highest BCUT2D eigenvalue weighted by Gasteiger charge is 2.25. The van der Waals surface area contributed by atoms with Gasteiger partial charge in [0, 0.05) is 18.7 Å². The van der Waals surface area contributed by atoms with Gasteiger partial charge in [-0.05, 0) is 19.9 Å². The Morgan fingerprint density at radius 2 is 2.00 bits per heavy atom. The number of likely N-dealkylation sites (N-methyl/N-ethyl adjacent to an activating group) is 1. The summed E-state index contributed by atoms with van der Waals surface area (Å²) in [5, 5.41) is -1.06. The summed E-state index contributed by atoms with van der Waals surface area (Å²) < 4.78 is 13.7. The minimum atomic E-state index is -1.03. The molecule has 0 fully saturated rings. The fourth-order valence-electron chi connectivity index (χ4n) is 1.54. The number of amides is 1. The molecule has 5 heteroatoms. The van der Waals surface area contributed by atoms with E-state index in [4.69, 9.17) is 23.2 Å². The van der Waals surface area contributed by atoms with Gasteiger partial charge in [0.15, 0.2) is 0 Å². The molecule has 1 aromatic carbocycles. The second-order valence-corrected chi connectivity index (χ2v) is 4.36. The first-order chi connectivity index (χ1) is 8.02. The summed E-state index contributed by atoms with van der Waals surface area (Å²) in [4.78, 5) is 13.5. The number of carbonyl (C=O) groups excluding carboxylic acids is 1. The normalized spacial score (nSPS) is 12.3. The second kappa shape index (κ2) is 6.22. The number of rotatable bonds is 4. The Labute approximate surface area is 110 Å². The summed E-state index contributed by atoms with van der Waals surface area (Å²) in [5.74, 6) is -0.937. The molecule has 0 bridgehead atoms. The molecule has 1 amide bonds. The monoisotopic (exact) mass is 277 g/mol. The lowest BCUT2D eigenvalue weighted by Crippen LogP contribution is -2.33. The number of carbonyl (C=O) groups is 1. The number of hydrogen-bond donors (Lipinski definition) is 0. The van der Waals surface area contributed by atoms with E-state index in [2.05, 4.69) is 0 Å². The molecule has 1 aromatic rings. The zero-order valence-corrected chi connectivity index (χ0v) is 11.2. The number of benzene rings is 1. The first kappa shape index (κ1) is 14.3. The van der Waals surface area contributed by atoms with E-state index in [9.17, 15) is 9.18 Å². The maximum Gasteiger partial charge on any atom is 0.245 e. The zero-order chi connectivity index (χ0) is 13.0. The Hall–Kier alpha value is -0.800. The van der Waals surface area contributed by atoms with E-state index in [1.54, 1.807) is 11.0 Å². The van der Waals surface area contributed by atoms with Gasteiger partial charge < -0.3 is 4.90 Å². The topological polar surface area (TPSA) is 20.3 Å². The van der Waals surface area contributed by atoms with Crippen LogP contribution in [-0.4, -0.2) is 23.9 Å². The van der Waals surface area contributed by atoms with Crippen molar-refractivity contribution in [2.45, 2.75) is 19.2 Å². The van der Waals surface area contributed by atoms with Crippen molar-refractivity contribution in [1.29, 1.82) is 0 Å². The SMILES string of the molecule is CCN(CC)C(=O)C(Cl)c1cccc(Cl)c1F. The lowest BCUT2D eigenvalue weighted by atomic mass is 10.1. The average Bonchev–Trinajstić information content (AvgIpc) is 2.33. The quantitative estimate of drug-likeness (QED) is 0.770. The third-order valence-corrected chi connectivity index (χ3v) is 3.26. The third kappa shape index (κ3) is 3.11. The molecular weight excluding hydrogens is 264 g/mol. The van der Waals surface area contributed by atoms with Gasteiger partial charge in [-0.25, -0.2) is 4.39 Å². The maximum absolute atomic E-state index is 13.7. The van der Waals surface area contributed by atoms with Crippen molar-refractivity contribution in [3.63, 3.8) is 0 Å². The molecular formula is C12H14Cl2FNO. The van der Waals surface area contributed by atoms with E-state index in [1.165, 1.54) is 12.1 Å². The summed E-state index contributed by atoms with van der Waals surface area (Å²) in [5.41, 5.74) is 0.121. The number of hydrogen-bond acceptors (Lipinski definition) is 1. The maximum atomic E-state index is 13.7. The van der Waals surface area contributed by atoms with E-state index in [1.807, 2.05) is 13.8 Å². The molecule has 0 saturated carbocycles. The van der Waals surface area contributed by atoms with Crippen LogP contribution in [0.15, 0.2) is 18.2 Å². The van der Waals surface area contributed by atoms with Crippen LogP contribution >= 0.6 is 23.2 Å². The average molecular weight is 278 g/mol. The highest BCUT2D eigenvalue weighted by atomic mass is 35.5. The highest BCUT2D eigenvalue weighted by Crippen LogP contribution is 2.29. The lowest BCUT2D eigenvalue weighted by molar-refractivity contribution is -0.130. The van der Waals surface area contributed by atoms with Gasteiger partial charge in [-0.2, -0.15) is 0 Å². The molecule has 0 aromatic heterocycles. The molecule has 0 aliphatic heterocycles. The van der Waals surface area contributed by atoms with Crippen LogP contribution in [0.4, 0.5) is 4.39 Å². The zero-order valence-electron chi connectivity index (χ0n) is 9.71. The number of alkyl halides is 1. The number of halogens is 3. The molecule has 0 radical (unpaired) electrons. The summed E-state index contributed by atoms with van der Waals surface area (Å²) in [6.07, 6.45) is 0. The van der Waals surface area contributed by atoms with Gasteiger partial charge in [-0.1, -0.05) is 23.7 Å². The Kier molecular flexibility index (Phi) is 5.22. The van der Waals surface area contributed by atoms with Crippen LogP contribution in [0.2, 0.25) is 5.02 Å². The van der Waals surface area contributed by atoms with Crippen molar-refractivity contribution in [1.82, 2.24) is 4.90 Å². The van der Waals surface area contributed by atoms with Crippen molar-refractivity contribution in [2.75, 3.05) is 13.1 Å². The lowest BCUT2D eigenvalue weighted by Gasteiger charge is -2.22. The first-order valence-corrected chi connectivity index (χ1v) is 6.21. The van der Waals surface area contributed by atoms with Crippen molar-refractivity contribution in [3.8, 4) is 0 Å². The molecule has 0 spiro atoms. The van der Waals surface area contributed by atoms with Crippen LogP contribution in [0.1, 0.15) is 24.8 Å². The molecule has 0 heterocycles. The minimum Gasteiger partial charge on any atom is -0.342 e. The molecule has 1 unspecified atom stereocenters. The van der Waals surface area contributed by atoms with Crippen LogP contribution in [0.25, 0.3) is 0 Å². The van der Waals surface area contributed by atoms with Crippen LogP contribution in [0, 0.1) is 5.82 Å². The van der Waals surface area contributed by atoms with Gasteiger partial charge in [0.05, 0.1) is 5.02 Å². The molecule has 1 rings (SSSR count). The van der Waals surface area contributed by atoms with Crippen LogP contribution < -0.4 is 0 Å². The fourth-order valence-corrected chi connectivity index (χ4v) is 2.03. The fraction of sp³-hybridized carbons (Fsp3) is 0.417. The minimum absolute atomic E-state index is 0.0273. The Bertz CT molecular complexity index is 407. The molecule has 0 aliphatic carbocycles. The van der Waals surface area contributed by atoms with Gasteiger partial charge in [-0.15, -0.1) is 11.6 Å². The highest BCUT2D eigenvalue weighted by molar-refractivity contribution is 6.32. The van der Waals surface area contributed by atoms with E-state index >= 15 is 0 Å². The smallest absolute Gasteiger partial charge is 0.245 e. The predicted octanol–water partition coefficient (Wildman–Crippen LogP) is 3.63. The van der Waals surface area contributed by atoms with Crippen molar-refractivity contribution in [3.05, 3.63) is 34.6 Å². The van der Waals surface area contributed by atoms with Crippen molar-refractivity contribution in [2.24, 2.45) is 0 Å².